The second-order valence-electron chi connectivity index (χ2n) is 7.10. The molecule has 0 radical (unpaired) electrons. The minimum Gasteiger partial charge on any atom is -0.482 e. The van der Waals surface area contributed by atoms with Crippen molar-refractivity contribution < 1.29 is 19.1 Å². The number of carbonyl (C=O) groups is 2. The molecule has 2 rings (SSSR count). The van der Waals surface area contributed by atoms with E-state index >= 15 is 0 Å². The zero-order chi connectivity index (χ0) is 18.4. The van der Waals surface area contributed by atoms with Gasteiger partial charge < -0.3 is 14.8 Å². The third-order valence-corrected chi connectivity index (χ3v) is 4.06. The number of benzene rings is 1. The Morgan fingerprint density at radius 2 is 2.12 bits per heavy atom. The van der Waals surface area contributed by atoms with E-state index in [2.05, 4.69) is 26.1 Å². The molecule has 138 valence electrons. The maximum absolute atomic E-state index is 12.3. The molecular formula is C19H28N2O4. The number of hydrogen-bond acceptors (Lipinski definition) is 4. The fourth-order valence-electron chi connectivity index (χ4n) is 2.59. The highest BCUT2D eigenvalue weighted by atomic mass is 16.5. The molecule has 2 amide bonds. The monoisotopic (exact) mass is 348 g/mol. The van der Waals surface area contributed by atoms with Gasteiger partial charge in [0.1, 0.15) is 12.3 Å². The number of carbonyl (C=O) groups excluding carboxylic acids is 2. The van der Waals surface area contributed by atoms with Crippen LogP contribution in [0.1, 0.15) is 39.7 Å². The Labute approximate surface area is 149 Å². The number of nitrogens with zero attached hydrogens (tertiary/aromatic N) is 1. The zero-order valence-electron chi connectivity index (χ0n) is 15.6. The first-order valence-electron chi connectivity index (χ1n) is 8.75. The molecule has 0 saturated carbocycles. The van der Waals surface area contributed by atoms with Gasteiger partial charge in [-0.15, -0.1) is 0 Å². The fourth-order valence-corrected chi connectivity index (χ4v) is 2.59. The van der Waals surface area contributed by atoms with Gasteiger partial charge in [-0.3, -0.25) is 14.5 Å². The van der Waals surface area contributed by atoms with Crippen LogP contribution in [0.4, 0.5) is 5.69 Å². The van der Waals surface area contributed by atoms with Crippen LogP contribution in [-0.4, -0.2) is 44.7 Å². The Morgan fingerprint density at radius 1 is 1.36 bits per heavy atom. The van der Waals surface area contributed by atoms with E-state index in [0.29, 0.717) is 31.2 Å². The summed E-state index contributed by atoms with van der Waals surface area (Å²) >= 11 is 0. The van der Waals surface area contributed by atoms with Crippen molar-refractivity contribution in [3.8, 4) is 5.75 Å². The summed E-state index contributed by atoms with van der Waals surface area (Å²) in [4.78, 5) is 26.0. The van der Waals surface area contributed by atoms with Crippen molar-refractivity contribution in [1.29, 1.82) is 0 Å². The number of amides is 2. The number of fused-ring (bicyclic) bond motifs is 1. The lowest BCUT2D eigenvalue weighted by Crippen LogP contribution is -2.45. The van der Waals surface area contributed by atoms with Crippen molar-refractivity contribution in [2.45, 2.75) is 39.5 Å². The molecule has 0 unspecified atom stereocenters. The summed E-state index contributed by atoms with van der Waals surface area (Å²) in [5.41, 5.74) is 1.70. The molecule has 0 spiro atoms. The highest BCUT2D eigenvalue weighted by molar-refractivity contribution is 6.02. The molecule has 25 heavy (non-hydrogen) atoms. The van der Waals surface area contributed by atoms with Crippen LogP contribution >= 0.6 is 0 Å². The van der Waals surface area contributed by atoms with Crippen molar-refractivity contribution in [2.24, 2.45) is 0 Å². The van der Waals surface area contributed by atoms with Crippen LogP contribution in [0.3, 0.4) is 0 Å². The average Bonchev–Trinajstić information content (AvgIpc) is 2.56. The molecule has 0 aromatic heterocycles. The van der Waals surface area contributed by atoms with E-state index in [1.807, 2.05) is 25.1 Å². The summed E-state index contributed by atoms with van der Waals surface area (Å²) in [6, 6.07) is 5.81. The maximum atomic E-state index is 12.3. The van der Waals surface area contributed by atoms with E-state index in [9.17, 15) is 9.59 Å². The van der Waals surface area contributed by atoms with Crippen LogP contribution < -0.4 is 15.0 Å². The highest BCUT2D eigenvalue weighted by Gasteiger charge is 2.28. The van der Waals surface area contributed by atoms with Gasteiger partial charge in [0.15, 0.2) is 6.61 Å². The highest BCUT2D eigenvalue weighted by Crippen LogP contribution is 2.36. The number of ether oxygens (including phenoxy) is 2. The van der Waals surface area contributed by atoms with Crippen LogP contribution in [0.5, 0.6) is 5.75 Å². The molecule has 0 atom stereocenters. The fraction of sp³-hybridized carbons (Fsp3) is 0.579. The standard InChI is InChI=1S/C19H28N2O4/c1-5-24-10-6-9-20-17(22)12-21-15-11-14(19(2,3)4)7-8-16(15)25-13-18(21)23/h7-8,11H,5-6,9-10,12-13H2,1-4H3,(H,20,22). The van der Waals surface area contributed by atoms with Crippen LogP contribution in [0.25, 0.3) is 0 Å². The quantitative estimate of drug-likeness (QED) is 0.768. The third-order valence-electron chi connectivity index (χ3n) is 4.06. The first-order valence-corrected chi connectivity index (χ1v) is 8.75. The Hall–Kier alpha value is -2.08. The van der Waals surface area contributed by atoms with E-state index in [-0.39, 0.29) is 30.4 Å². The number of hydrogen-bond donors (Lipinski definition) is 1. The van der Waals surface area contributed by atoms with E-state index in [0.717, 1.165) is 12.0 Å². The Balaban J connectivity index is 2.06. The van der Waals surface area contributed by atoms with Crippen LogP contribution in [0.15, 0.2) is 18.2 Å². The molecule has 1 aliphatic heterocycles. The van der Waals surface area contributed by atoms with Gasteiger partial charge in [-0.05, 0) is 36.5 Å². The van der Waals surface area contributed by atoms with Crippen molar-refractivity contribution in [2.75, 3.05) is 37.8 Å². The molecule has 0 fully saturated rings. The summed E-state index contributed by atoms with van der Waals surface area (Å²) in [6.07, 6.45) is 0.751. The molecule has 1 aromatic carbocycles. The van der Waals surface area contributed by atoms with Crippen LogP contribution in [-0.2, 0) is 19.7 Å². The molecule has 6 nitrogen and oxygen atoms in total. The molecule has 1 N–H and O–H groups in total. The molecule has 1 aliphatic rings. The van der Waals surface area contributed by atoms with Crippen molar-refractivity contribution >= 4 is 17.5 Å². The molecule has 0 aliphatic carbocycles. The van der Waals surface area contributed by atoms with Gasteiger partial charge in [0.05, 0.1) is 5.69 Å². The minimum atomic E-state index is -0.206. The molecule has 6 heteroatoms. The first-order chi connectivity index (χ1) is 11.8. The van der Waals surface area contributed by atoms with Gasteiger partial charge in [0.2, 0.25) is 5.91 Å². The maximum Gasteiger partial charge on any atom is 0.265 e. The van der Waals surface area contributed by atoms with Gasteiger partial charge in [-0.1, -0.05) is 26.8 Å². The first kappa shape index (κ1) is 19.2. The summed E-state index contributed by atoms with van der Waals surface area (Å²) < 4.78 is 10.7. The van der Waals surface area contributed by atoms with Gasteiger partial charge >= 0.3 is 0 Å². The Bertz CT molecular complexity index is 622. The predicted molar refractivity (Wildman–Crippen MR) is 97.1 cm³/mol. The van der Waals surface area contributed by atoms with E-state index in [1.54, 1.807) is 0 Å². The Kier molecular flexibility index (Phi) is 6.42. The van der Waals surface area contributed by atoms with Crippen molar-refractivity contribution in [3.63, 3.8) is 0 Å². The topological polar surface area (TPSA) is 67.9 Å². The van der Waals surface area contributed by atoms with Crippen molar-refractivity contribution in [1.82, 2.24) is 5.32 Å². The summed E-state index contributed by atoms with van der Waals surface area (Å²) in [7, 11) is 0. The van der Waals surface area contributed by atoms with E-state index < -0.39 is 0 Å². The second-order valence-corrected chi connectivity index (χ2v) is 7.10. The summed E-state index contributed by atoms with van der Waals surface area (Å²) in [5, 5.41) is 2.83. The van der Waals surface area contributed by atoms with Crippen LogP contribution in [0, 0.1) is 0 Å². The summed E-state index contributed by atoms with van der Waals surface area (Å²) in [5.74, 6) is 0.249. The summed E-state index contributed by atoms with van der Waals surface area (Å²) in [6.45, 7) is 10.0. The van der Waals surface area contributed by atoms with Gasteiger partial charge in [-0.2, -0.15) is 0 Å². The third kappa shape index (κ3) is 5.19. The molecule has 1 heterocycles. The normalized spacial score (nSPS) is 14.1. The number of anilines is 1. The molecule has 0 bridgehead atoms. The smallest absolute Gasteiger partial charge is 0.265 e. The lowest BCUT2D eigenvalue weighted by molar-refractivity contribution is -0.125. The van der Waals surface area contributed by atoms with Gasteiger partial charge in [-0.25, -0.2) is 0 Å². The SMILES string of the molecule is CCOCCCNC(=O)CN1C(=O)COc2ccc(C(C)(C)C)cc21. The largest absolute Gasteiger partial charge is 0.482 e. The van der Waals surface area contributed by atoms with Gasteiger partial charge in [0.25, 0.3) is 5.91 Å². The van der Waals surface area contributed by atoms with E-state index in [1.165, 1.54) is 4.90 Å². The van der Waals surface area contributed by atoms with Gasteiger partial charge in [0, 0.05) is 19.8 Å². The Morgan fingerprint density at radius 3 is 2.80 bits per heavy atom. The number of nitrogens with one attached hydrogen (secondary N) is 1. The molecular weight excluding hydrogens is 320 g/mol. The molecule has 0 saturated heterocycles. The second kappa shape index (κ2) is 8.34. The lowest BCUT2D eigenvalue weighted by atomic mass is 9.86. The minimum absolute atomic E-state index is 0.00256. The predicted octanol–water partition coefficient (Wildman–Crippen LogP) is 2.25. The molecule has 1 aromatic rings. The average molecular weight is 348 g/mol. The van der Waals surface area contributed by atoms with Crippen molar-refractivity contribution in [3.05, 3.63) is 23.8 Å². The number of rotatable bonds is 7. The van der Waals surface area contributed by atoms with Crippen LogP contribution in [0.2, 0.25) is 0 Å². The van der Waals surface area contributed by atoms with E-state index in [4.69, 9.17) is 9.47 Å². The zero-order valence-corrected chi connectivity index (χ0v) is 15.6. The lowest BCUT2D eigenvalue weighted by Gasteiger charge is -2.31.